The highest BCUT2D eigenvalue weighted by Crippen LogP contribution is 2.05. The van der Waals surface area contributed by atoms with Crippen molar-refractivity contribution >= 4 is 35.2 Å². The molecule has 0 radical (unpaired) electrons. The highest BCUT2D eigenvalue weighted by Gasteiger charge is 1.89. The molecule has 0 bridgehead atoms. The molecule has 0 aromatic heterocycles. The number of thioether (sulfide) groups is 1. The minimum atomic E-state index is 0.228. The van der Waals surface area contributed by atoms with Crippen molar-refractivity contribution in [3.05, 3.63) is 11.7 Å². The largest absolute Gasteiger partial charge is 0.239 e. The van der Waals surface area contributed by atoms with Crippen molar-refractivity contribution < 1.29 is 0 Å². The minimum absolute atomic E-state index is 0.228. The van der Waals surface area contributed by atoms with Crippen LogP contribution in [0.1, 0.15) is 0 Å². The van der Waals surface area contributed by atoms with Crippen molar-refractivity contribution in [2.24, 2.45) is 9.98 Å². The maximum absolute atomic E-state index is 5.35. The van der Waals surface area contributed by atoms with Crippen LogP contribution in [0.5, 0.6) is 0 Å². The molecule has 0 unspecified atom stereocenters. The van der Waals surface area contributed by atoms with E-state index in [0.29, 0.717) is 5.17 Å². The molecule has 0 N–H and O–H groups in total. The van der Waals surface area contributed by atoms with E-state index >= 15 is 0 Å². The van der Waals surface area contributed by atoms with E-state index in [1.807, 2.05) is 6.26 Å². The van der Waals surface area contributed by atoms with Crippen LogP contribution >= 0.6 is 23.4 Å². The molecule has 0 heterocycles. The highest BCUT2D eigenvalue weighted by molar-refractivity contribution is 8.13. The third-order valence-corrected chi connectivity index (χ3v) is 1.20. The number of rotatable bonds is 1. The fraction of sp³-hybridized carbons (Fsp3) is 0.200. The first-order valence-corrected chi connectivity index (χ1v) is 3.74. The van der Waals surface area contributed by atoms with Crippen LogP contribution in [0, 0.1) is 0 Å². The maximum atomic E-state index is 5.35. The Labute approximate surface area is 63.7 Å². The Hall–Kier alpha value is -0.280. The summed E-state index contributed by atoms with van der Waals surface area (Å²) in [5.41, 5.74) is 0. The lowest BCUT2D eigenvalue weighted by molar-refractivity contribution is 1.52. The SMILES string of the molecule is C=NC(=NC(=C)Cl)SC. The molecular weight excluding hydrogens is 156 g/mol. The van der Waals surface area contributed by atoms with Gasteiger partial charge in [-0.25, -0.2) is 9.98 Å². The fourth-order valence-corrected chi connectivity index (χ4v) is 0.710. The summed E-state index contributed by atoms with van der Waals surface area (Å²) >= 11 is 6.72. The molecular formula is C5H7ClN2S. The predicted molar refractivity (Wildman–Crippen MR) is 45.5 cm³/mol. The summed E-state index contributed by atoms with van der Waals surface area (Å²) in [5.74, 6) is 0. The second kappa shape index (κ2) is 4.58. The van der Waals surface area contributed by atoms with Crippen molar-refractivity contribution in [2.75, 3.05) is 6.26 Å². The molecule has 50 valence electrons. The van der Waals surface area contributed by atoms with E-state index in [2.05, 4.69) is 23.3 Å². The van der Waals surface area contributed by atoms with Crippen LogP contribution in [0.4, 0.5) is 0 Å². The Kier molecular flexibility index (Phi) is 4.44. The highest BCUT2D eigenvalue weighted by atomic mass is 35.5. The van der Waals surface area contributed by atoms with E-state index in [9.17, 15) is 0 Å². The predicted octanol–water partition coefficient (Wildman–Crippen LogP) is 2.12. The van der Waals surface area contributed by atoms with Crippen molar-refractivity contribution in [3.8, 4) is 0 Å². The number of aliphatic imine (C=N–C) groups is 2. The lowest BCUT2D eigenvalue weighted by atomic mass is 11.0. The Morgan fingerprint density at radius 2 is 2.22 bits per heavy atom. The monoisotopic (exact) mass is 162 g/mol. The molecule has 0 spiro atoms. The van der Waals surface area contributed by atoms with Crippen LogP contribution in [0.2, 0.25) is 0 Å². The van der Waals surface area contributed by atoms with Gasteiger partial charge in [0.25, 0.3) is 0 Å². The van der Waals surface area contributed by atoms with Crippen LogP contribution in [0.25, 0.3) is 0 Å². The average Bonchev–Trinajstić information content (AvgIpc) is 1.82. The summed E-state index contributed by atoms with van der Waals surface area (Å²) in [6, 6.07) is 0. The van der Waals surface area contributed by atoms with Gasteiger partial charge in [0.1, 0.15) is 5.16 Å². The Morgan fingerprint density at radius 1 is 1.67 bits per heavy atom. The molecule has 0 aromatic carbocycles. The van der Waals surface area contributed by atoms with Crippen molar-refractivity contribution in [1.29, 1.82) is 0 Å². The standard InChI is InChI=1S/C5H7ClN2S/c1-4(6)8-5(7-2)9-3/h1-2H2,3H3. The molecule has 0 amide bonds. The summed E-state index contributed by atoms with van der Waals surface area (Å²) in [7, 11) is 0. The third kappa shape index (κ3) is 4.24. The minimum Gasteiger partial charge on any atom is -0.239 e. The van der Waals surface area contributed by atoms with Gasteiger partial charge in [0.05, 0.1) is 0 Å². The molecule has 0 saturated heterocycles. The van der Waals surface area contributed by atoms with Crippen LogP contribution in [0.3, 0.4) is 0 Å². The normalized spacial score (nSPS) is 11.1. The molecule has 2 nitrogen and oxygen atoms in total. The van der Waals surface area contributed by atoms with E-state index < -0.39 is 0 Å². The van der Waals surface area contributed by atoms with Crippen LogP contribution < -0.4 is 0 Å². The summed E-state index contributed by atoms with van der Waals surface area (Å²) < 4.78 is 0. The van der Waals surface area contributed by atoms with E-state index in [0.717, 1.165) is 0 Å². The summed E-state index contributed by atoms with van der Waals surface area (Å²) in [6.45, 7) is 6.65. The van der Waals surface area contributed by atoms with Gasteiger partial charge < -0.3 is 0 Å². The van der Waals surface area contributed by atoms with Gasteiger partial charge in [0, 0.05) is 0 Å². The molecule has 0 saturated carbocycles. The van der Waals surface area contributed by atoms with Gasteiger partial charge in [-0.1, -0.05) is 29.9 Å². The Morgan fingerprint density at radius 3 is 2.33 bits per heavy atom. The van der Waals surface area contributed by atoms with Crippen molar-refractivity contribution in [1.82, 2.24) is 0 Å². The average molecular weight is 163 g/mol. The van der Waals surface area contributed by atoms with Crippen LogP contribution in [-0.4, -0.2) is 18.1 Å². The lowest BCUT2D eigenvalue weighted by Gasteiger charge is -1.90. The Balaban J connectivity index is 4.07. The van der Waals surface area contributed by atoms with E-state index in [1.165, 1.54) is 11.8 Å². The molecule has 9 heavy (non-hydrogen) atoms. The van der Waals surface area contributed by atoms with E-state index in [-0.39, 0.29) is 5.16 Å². The van der Waals surface area contributed by atoms with E-state index in [4.69, 9.17) is 11.6 Å². The van der Waals surface area contributed by atoms with Gasteiger partial charge in [-0.3, -0.25) is 0 Å². The quantitative estimate of drug-likeness (QED) is 0.329. The molecule has 0 rings (SSSR count). The van der Waals surface area contributed by atoms with Gasteiger partial charge in [-0.15, -0.1) is 0 Å². The van der Waals surface area contributed by atoms with Gasteiger partial charge in [0.2, 0.25) is 0 Å². The fourth-order valence-electron chi connectivity index (χ4n) is 0.249. The summed E-state index contributed by atoms with van der Waals surface area (Å²) in [5, 5.41) is 0.766. The number of hydrogen-bond acceptors (Lipinski definition) is 2. The Bertz CT molecular complexity index is 153. The number of amidine groups is 1. The maximum Gasteiger partial charge on any atom is 0.188 e. The van der Waals surface area contributed by atoms with E-state index in [1.54, 1.807) is 0 Å². The number of hydrogen-bond donors (Lipinski definition) is 0. The summed E-state index contributed by atoms with van der Waals surface area (Å²) in [6.07, 6.45) is 1.84. The molecule has 0 aliphatic heterocycles. The second-order valence-electron chi connectivity index (χ2n) is 1.13. The van der Waals surface area contributed by atoms with Gasteiger partial charge >= 0.3 is 0 Å². The van der Waals surface area contributed by atoms with Crippen LogP contribution in [-0.2, 0) is 0 Å². The van der Waals surface area contributed by atoms with Gasteiger partial charge in [-0.05, 0) is 13.0 Å². The smallest absolute Gasteiger partial charge is 0.188 e. The zero-order valence-electron chi connectivity index (χ0n) is 5.09. The number of nitrogens with zero attached hydrogens (tertiary/aromatic N) is 2. The van der Waals surface area contributed by atoms with Gasteiger partial charge in [-0.2, -0.15) is 0 Å². The van der Waals surface area contributed by atoms with Gasteiger partial charge in [0.15, 0.2) is 5.17 Å². The zero-order chi connectivity index (χ0) is 7.28. The molecule has 0 aromatic rings. The first kappa shape index (κ1) is 8.72. The molecule has 0 atom stereocenters. The number of halogens is 1. The second-order valence-corrected chi connectivity index (χ2v) is 2.34. The first-order valence-electron chi connectivity index (χ1n) is 2.14. The van der Waals surface area contributed by atoms with Crippen LogP contribution in [0.15, 0.2) is 21.7 Å². The summed E-state index contributed by atoms with van der Waals surface area (Å²) in [4.78, 5) is 7.30. The third-order valence-electron chi connectivity index (χ3n) is 0.535. The van der Waals surface area contributed by atoms with Crippen molar-refractivity contribution in [3.63, 3.8) is 0 Å². The zero-order valence-corrected chi connectivity index (χ0v) is 6.67. The molecule has 4 heteroatoms. The molecule has 0 aliphatic rings. The van der Waals surface area contributed by atoms with Crippen molar-refractivity contribution in [2.45, 2.75) is 0 Å². The lowest BCUT2D eigenvalue weighted by Crippen LogP contribution is -1.82. The molecule has 0 aliphatic carbocycles. The first-order chi connectivity index (χ1) is 4.20. The molecule has 0 fully saturated rings. The topological polar surface area (TPSA) is 24.7 Å².